The second-order valence-corrected chi connectivity index (χ2v) is 9.87. The molecule has 0 radical (unpaired) electrons. The number of allylic oxidation sites excluding steroid dienone is 2. The first-order valence-corrected chi connectivity index (χ1v) is 13.4. The molecular formula is C32H32ClNO6. The molecule has 0 aromatic heterocycles. The molecule has 0 atom stereocenters. The van der Waals surface area contributed by atoms with Gasteiger partial charge >= 0.3 is 11.9 Å². The quantitative estimate of drug-likeness (QED) is 0.251. The van der Waals surface area contributed by atoms with Crippen molar-refractivity contribution in [1.82, 2.24) is 4.90 Å². The van der Waals surface area contributed by atoms with Crippen LogP contribution in [0.25, 0.3) is 0 Å². The van der Waals surface area contributed by atoms with Gasteiger partial charge in [-0.15, -0.1) is 0 Å². The Balaban J connectivity index is 1.44. The Morgan fingerprint density at radius 1 is 0.800 bits per heavy atom. The van der Waals surface area contributed by atoms with Crippen molar-refractivity contribution in [3.8, 4) is 0 Å². The van der Waals surface area contributed by atoms with Crippen molar-refractivity contribution in [1.29, 1.82) is 0 Å². The number of carbonyl (C=O) groups is 2. The summed E-state index contributed by atoms with van der Waals surface area (Å²) in [4.78, 5) is 26.5. The summed E-state index contributed by atoms with van der Waals surface area (Å²) in [5.41, 5.74) is 3.53. The van der Waals surface area contributed by atoms with Crippen molar-refractivity contribution in [3.05, 3.63) is 129 Å². The normalized spacial score (nSPS) is 14.2. The molecule has 3 aromatic carbocycles. The first-order valence-electron chi connectivity index (χ1n) is 13.0. The van der Waals surface area contributed by atoms with Gasteiger partial charge in [-0.25, -0.2) is 9.59 Å². The second-order valence-electron chi connectivity index (χ2n) is 9.43. The molecule has 0 saturated carbocycles. The number of aliphatic carboxylic acids is 2. The lowest BCUT2D eigenvalue weighted by molar-refractivity contribution is -0.133. The van der Waals surface area contributed by atoms with E-state index in [0.717, 1.165) is 11.1 Å². The largest absolute Gasteiger partial charge is 0.478 e. The van der Waals surface area contributed by atoms with Crippen LogP contribution in [0.4, 0.5) is 0 Å². The number of benzene rings is 3. The number of carboxylic acids is 2. The standard InChI is InChI=1S/C32H32ClNO6/c1-21-27(31(35)36)29(25-14-9-15-26(33)20-25)28(32(37)38)22(2)34(21)16-17-39-18-19-40-30(23-10-5-3-6-11-23)24-12-7-4-8-13-24/h3-15,20,29-30H,16-19H2,1-2H3,(H,35,36)(H,37,38). The summed E-state index contributed by atoms with van der Waals surface area (Å²) in [6.07, 6.45) is -0.233. The fourth-order valence-electron chi connectivity index (χ4n) is 5.14. The van der Waals surface area contributed by atoms with Gasteiger partial charge < -0.3 is 24.6 Å². The minimum atomic E-state index is -1.18. The van der Waals surface area contributed by atoms with E-state index in [0.29, 0.717) is 35.2 Å². The van der Waals surface area contributed by atoms with Gasteiger partial charge in [0.05, 0.1) is 36.9 Å². The summed E-state index contributed by atoms with van der Waals surface area (Å²) in [7, 11) is 0. The van der Waals surface area contributed by atoms with Gasteiger partial charge in [-0.3, -0.25) is 0 Å². The molecule has 1 aliphatic rings. The molecule has 0 fully saturated rings. The number of hydrogen-bond acceptors (Lipinski definition) is 5. The van der Waals surface area contributed by atoms with Crippen molar-refractivity contribution in [2.24, 2.45) is 0 Å². The highest BCUT2D eigenvalue weighted by molar-refractivity contribution is 6.30. The molecule has 2 N–H and O–H groups in total. The van der Waals surface area contributed by atoms with Gasteiger partial charge in [-0.2, -0.15) is 0 Å². The zero-order valence-electron chi connectivity index (χ0n) is 22.4. The molecule has 0 saturated heterocycles. The number of nitrogens with zero attached hydrogens (tertiary/aromatic N) is 1. The van der Waals surface area contributed by atoms with E-state index in [1.807, 2.05) is 60.7 Å². The zero-order chi connectivity index (χ0) is 28.6. The van der Waals surface area contributed by atoms with E-state index < -0.39 is 17.9 Å². The lowest BCUT2D eigenvalue weighted by atomic mass is 9.80. The fourth-order valence-corrected chi connectivity index (χ4v) is 5.34. The molecule has 40 heavy (non-hydrogen) atoms. The van der Waals surface area contributed by atoms with Gasteiger partial charge in [0.1, 0.15) is 6.10 Å². The van der Waals surface area contributed by atoms with Crippen molar-refractivity contribution in [2.75, 3.05) is 26.4 Å². The van der Waals surface area contributed by atoms with Crippen LogP contribution in [-0.4, -0.2) is 53.4 Å². The fraction of sp³-hybridized carbons (Fsp3) is 0.250. The van der Waals surface area contributed by atoms with E-state index in [2.05, 4.69) is 0 Å². The molecule has 0 bridgehead atoms. The predicted octanol–water partition coefficient (Wildman–Crippen LogP) is 6.28. The maximum absolute atomic E-state index is 12.4. The van der Waals surface area contributed by atoms with Crippen molar-refractivity contribution in [2.45, 2.75) is 25.9 Å². The van der Waals surface area contributed by atoms with E-state index in [4.69, 9.17) is 21.1 Å². The van der Waals surface area contributed by atoms with Crippen LogP contribution in [0, 0.1) is 0 Å². The van der Waals surface area contributed by atoms with Crippen LogP contribution in [0.2, 0.25) is 5.02 Å². The van der Waals surface area contributed by atoms with E-state index in [9.17, 15) is 19.8 Å². The molecule has 0 amide bonds. The number of halogens is 1. The third kappa shape index (κ3) is 6.62. The lowest BCUT2D eigenvalue weighted by Gasteiger charge is -2.37. The molecule has 1 heterocycles. The molecule has 0 unspecified atom stereocenters. The summed E-state index contributed by atoms with van der Waals surface area (Å²) < 4.78 is 12.0. The van der Waals surface area contributed by atoms with Crippen molar-refractivity contribution in [3.63, 3.8) is 0 Å². The monoisotopic (exact) mass is 561 g/mol. The highest BCUT2D eigenvalue weighted by Crippen LogP contribution is 2.42. The van der Waals surface area contributed by atoms with Gasteiger partial charge in [0.25, 0.3) is 0 Å². The van der Waals surface area contributed by atoms with Crippen molar-refractivity contribution < 1.29 is 29.3 Å². The minimum Gasteiger partial charge on any atom is -0.478 e. The lowest BCUT2D eigenvalue weighted by Crippen LogP contribution is -2.36. The highest BCUT2D eigenvalue weighted by atomic mass is 35.5. The van der Waals surface area contributed by atoms with Crippen molar-refractivity contribution >= 4 is 23.5 Å². The minimum absolute atomic E-state index is 0.00200. The van der Waals surface area contributed by atoms with Crippen LogP contribution in [0.5, 0.6) is 0 Å². The number of carboxylic acid groups (broad SMARTS) is 2. The van der Waals surface area contributed by atoms with E-state index in [1.165, 1.54) is 0 Å². The highest BCUT2D eigenvalue weighted by Gasteiger charge is 2.39. The van der Waals surface area contributed by atoms with E-state index in [-0.39, 0.29) is 30.4 Å². The molecule has 4 rings (SSSR count). The Labute approximate surface area is 238 Å². The summed E-state index contributed by atoms with van der Waals surface area (Å²) in [5.74, 6) is -3.31. The van der Waals surface area contributed by atoms with Crippen LogP contribution in [0.15, 0.2) is 107 Å². The average Bonchev–Trinajstić information content (AvgIpc) is 2.94. The molecule has 1 aliphatic heterocycles. The Hall–Kier alpha value is -3.91. The maximum Gasteiger partial charge on any atom is 0.334 e. The van der Waals surface area contributed by atoms with Crippen LogP contribution in [0.3, 0.4) is 0 Å². The molecule has 0 aliphatic carbocycles. The summed E-state index contributed by atoms with van der Waals surface area (Å²) >= 11 is 6.16. The molecule has 8 heteroatoms. The number of hydrogen-bond donors (Lipinski definition) is 2. The maximum atomic E-state index is 12.4. The Morgan fingerprint density at radius 2 is 1.35 bits per heavy atom. The molecule has 0 spiro atoms. The van der Waals surface area contributed by atoms with Gasteiger partial charge in [0.15, 0.2) is 0 Å². The van der Waals surface area contributed by atoms with Crippen LogP contribution < -0.4 is 0 Å². The van der Waals surface area contributed by atoms with Gasteiger partial charge in [-0.1, -0.05) is 84.4 Å². The third-order valence-electron chi connectivity index (χ3n) is 6.99. The predicted molar refractivity (Wildman–Crippen MR) is 153 cm³/mol. The molecular weight excluding hydrogens is 530 g/mol. The van der Waals surface area contributed by atoms with E-state index in [1.54, 1.807) is 43.0 Å². The first-order chi connectivity index (χ1) is 19.3. The van der Waals surface area contributed by atoms with E-state index >= 15 is 0 Å². The topological polar surface area (TPSA) is 96.3 Å². The van der Waals surface area contributed by atoms with Gasteiger partial charge in [0.2, 0.25) is 0 Å². The number of rotatable bonds is 12. The molecule has 7 nitrogen and oxygen atoms in total. The summed E-state index contributed by atoms with van der Waals surface area (Å²) in [5, 5.41) is 20.6. The third-order valence-corrected chi connectivity index (χ3v) is 7.22. The van der Waals surface area contributed by atoms with Gasteiger partial charge in [0, 0.05) is 23.0 Å². The van der Waals surface area contributed by atoms with Crippen LogP contribution in [0.1, 0.15) is 42.6 Å². The Morgan fingerprint density at radius 3 is 1.85 bits per heavy atom. The SMILES string of the molecule is CC1=C(C(=O)O)C(c2cccc(Cl)c2)C(C(=O)O)=C(C)N1CCOCCOC(c1ccccc1)c1ccccc1. The Bertz CT molecular complexity index is 1330. The summed E-state index contributed by atoms with van der Waals surface area (Å²) in [6, 6.07) is 26.6. The van der Waals surface area contributed by atoms with Gasteiger partial charge in [-0.05, 0) is 42.7 Å². The van der Waals surface area contributed by atoms with Crippen LogP contribution >= 0.6 is 11.6 Å². The average molecular weight is 562 g/mol. The smallest absolute Gasteiger partial charge is 0.334 e. The second kappa shape index (κ2) is 13.4. The number of ether oxygens (including phenoxy) is 2. The first kappa shape index (κ1) is 29.1. The summed E-state index contributed by atoms with van der Waals surface area (Å²) in [6.45, 7) is 4.58. The molecule has 208 valence electrons. The van der Waals surface area contributed by atoms with Crippen LogP contribution in [-0.2, 0) is 19.1 Å². The molecule has 3 aromatic rings. The Kier molecular flexibility index (Phi) is 9.77. The zero-order valence-corrected chi connectivity index (χ0v) is 23.2.